The van der Waals surface area contributed by atoms with Crippen LogP contribution >= 0.6 is 0 Å². The van der Waals surface area contributed by atoms with E-state index in [9.17, 15) is 0 Å². The molecule has 0 aliphatic carbocycles. The largest absolute Gasteiger partial charge is 0.279 e. The first-order chi connectivity index (χ1) is 7.38. The van der Waals surface area contributed by atoms with Crippen molar-refractivity contribution in [2.45, 2.75) is 32.9 Å². The van der Waals surface area contributed by atoms with Crippen molar-refractivity contribution >= 4 is 0 Å². The van der Waals surface area contributed by atoms with E-state index >= 15 is 0 Å². The lowest BCUT2D eigenvalue weighted by molar-refractivity contribution is -0.688. The van der Waals surface area contributed by atoms with Crippen molar-refractivity contribution in [3.63, 3.8) is 0 Å². The zero-order valence-electron chi connectivity index (χ0n) is 9.06. The molecule has 4 nitrogen and oxygen atoms in total. The number of nitrogens with one attached hydrogen (secondary N) is 1. The number of aromatic amines is 1. The first kappa shape index (κ1) is 9.96. The van der Waals surface area contributed by atoms with Gasteiger partial charge in [-0.3, -0.25) is 5.10 Å². The third-order valence-corrected chi connectivity index (χ3v) is 2.43. The van der Waals surface area contributed by atoms with Crippen molar-refractivity contribution in [3.05, 3.63) is 36.7 Å². The number of unbranched alkanes of at least 4 members (excludes halogenated alkanes) is 1. The van der Waals surface area contributed by atoms with Crippen molar-refractivity contribution in [1.29, 1.82) is 0 Å². The molecule has 80 valence electrons. The molecular weight excluding hydrogens is 188 g/mol. The van der Waals surface area contributed by atoms with Crippen molar-refractivity contribution in [2.75, 3.05) is 0 Å². The smallest absolute Gasteiger partial charge is 0.244 e. The Labute approximate surface area is 89.6 Å². The summed E-state index contributed by atoms with van der Waals surface area (Å²) in [5, 5.41) is 6.89. The van der Waals surface area contributed by atoms with E-state index in [2.05, 4.69) is 45.0 Å². The fourth-order valence-electron chi connectivity index (χ4n) is 1.57. The molecule has 2 rings (SSSR count). The molecule has 4 heteroatoms. The summed E-state index contributed by atoms with van der Waals surface area (Å²) < 4.78 is 4.38. The normalized spacial score (nSPS) is 10.7. The van der Waals surface area contributed by atoms with Gasteiger partial charge in [0.1, 0.15) is 18.9 Å². The minimum atomic E-state index is 0.860. The van der Waals surface area contributed by atoms with Crippen molar-refractivity contribution in [1.82, 2.24) is 14.8 Å². The van der Waals surface area contributed by atoms with E-state index in [-0.39, 0.29) is 0 Å². The van der Waals surface area contributed by atoms with Gasteiger partial charge >= 0.3 is 0 Å². The SMILES string of the molecule is CCCCn1cc[n+](Cc2ccn[nH]2)c1. The summed E-state index contributed by atoms with van der Waals surface area (Å²) in [5.41, 5.74) is 1.13. The van der Waals surface area contributed by atoms with Crippen molar-refractivity contribution < 1.29 is 4.57 Å². The Hall–Kier alpha value is -1.58. The first-order valence-electron chi connectivity index (χ1n) is 5.41. The van der Waals surface area contributed by atoms with Crippen LogP contribution in [0, 0.1) is 0 Å². The average Bonchev–Trinajstić information content (AvgIpc) is 2.87. The van der Waals surface area contributed by atoms with Crippen LogP contribution in [0.5, 0.6) is 0 Å². The highest BCUT2D eigenvalue weighted by Crippen LogP contribution is 1.94. The number of rotatable bonds is 5. The van der Waals surface area contributed by atoms with Gasteiger partial charge in [0.2, 0.25) is 6.33 Å². The summed E-state index contributed by atoms with van der Waals surface area (Å²) in [4.78, 5) is 0. The number of aryl methyl sites for hydroxylation is 1. The molecule has 0 aliphatic heterocycles. The van der Waals surface area contributed by atoms with Crippen LogP contribution in [-0.4, -0.2) is 14.8 Å². The van der Waals surface area contributed by atoms with Crippen LogP contribution in [0.2, 0.25) is 0 Å². The minimum Gasteiger partial charge on any atom is -0.279 e. The number of hydrogen-bond acceptors (Lipinski definition) is 1. The molecule has 0 spiro atoms. The maximum atomic E-state index is 3.93. The van der Waals surface area contributed by atoms with Gasteiger partial charge in [-0.1, -0.05) is 13.3 Å². The van der Waals surface area contributed by atoms with E-state index in [0.29, 0.717) is 0 Å². The number of aromatic nitrogens is 4. The highest BCUT2D eigenvalue weighted by atomic mass is 15.1. The Bertz CT molecular complexity index is 388. The predicted octanol–water partition coefficient (Wildman–Crippen LogP) is 1.35. The molecule has 0 saturated heterocycles. The topological polar surface area (TPSA) is 37.5 Å². The van der Waals surface area contributed by atoms with Crippen LogP contribution in [0.4, 0.5) is 0 Å². The second kappa shape index (κ2) is 4.77. The van der Waals surface area contributed by atoms with E-state index in [0.717, 1.165) is 18.8 Å². The summed E-state index contributed by atoms with van der Waals surface area (Å²) in [6.45, 7) is 4.17. The second-order valence-electron chi connectivity index (χ2n) is 3.76. The summed E-state index contributed by atoms with van der Waals surface area (Å²) in [5.74, 6) is 0. The van der Waals surface area contributed by atoms with E-state index < -0.39 is 0 Å². The first-order valence-corrected chi connectivity index (χ1v) is 5.41. The van der Waals surface area contributed by atoms with E-state index in [4.69, 9.17) is 0 Å². The molecule has 0 saturated carbocycles. The molecule has 2 aromatic heterocycles. The highest BCUT2D eigenvalue weighted by Gasteiger charge is 2.04. The van der Waals surface area contributed by atoms with Gasteiger partial charge in [-0.2, -0.15) is 5.10 Å². The van der Waals surface area contributed by atoms with Crippen LogP contribution in [-0.2, 0) is 13.1 Å². The molecule has 2 heterocycles. The molecule has 0 bridgehead atoms. The molecule has 0 atom stereocenters. The van der Waals surface area contributed by atoms with E-state index in [1.54, 1.807) is 6.20 Å². The van der Waals surface area contributed by atoms with Crippen LogP contribution < -0.4 is 4.57 Å². The van der Waals surface area contributed by atoms with Gasteiger partial charge in [0, 0.05) is 6.20 Å². The predicted molar refractivity (Wildman–Crippen MR) is 57.2 cm³/mol. The average molecular weight is 205 g/mol. The lowest BCUT2D eigenvalue weighted by atomic mass is 10.3. The molecule has 0 fully saturated rings. The molecule has 15 heavy (non-hydrogen) atoms. The van der Waals surface area contributed by atoms with Crippen LogP contribution in [0.15, 0.2) is 31.0 Å². The third-order valence-electron chi connectivity index (χ3n) is 2.43. The quantitative estimate of drug-likeness (QED) is 0.735. The van der Waals surface area contributed by atoms with Gasteiger partial charge < -0.3 is 0 Å². The lowest BCUT2D eigenvalue weighted by Gasteiger charge is -1.93. The monoisotopic (exact) mass is 205 g/mol. The maximum Gasteiger partial charge on any atom is 0.244 e. The van der Waals surface area contributed by atoms with Crippen molar-refractivity contribution in [2.24, 2.45) is 0 Å². The molecule has 0 aliphatic rings. The Morgan fingerprint density at radius 1 is 1.53 bits per heavy atom. The van der Waals surface area contributed by atoms with E-state index in [1.165, 1.54) is 12.8 Å². The Balaban J connectivity index is 1.95. The Morgan fingerprint density at radius 2 is 2.47 bits per heavy atom. The summed E-state index contributed by atoms with van der Waals surface area (Å²) in [6, 6.07) is 2.00. The Kier molecular flexibility index (Phi) is 3.17. The molecule has 0 aromatic carbocycles. The van der Waals surface area contributed by atoms with Gasteiger partial charge in [0.25, 0.3) is 0 Å². The van der Waals surface area contributed by atoms with Gasteiger partial charge in [-0.25, -0.2) is 9.13 Å². The third kappa shape index (κ3) is 2.68. The zero-order chi connectivity index (χ0) is 10.5. The van der Waals surface area contributed by atoms with Gasteiger partial charge in [-0.05, 0) is 12.5 Å². The summed E-state index contributed by atoms with van der Waals surface area (Å²) in [6.07, 6.45) is 10.6. The number of H-pyrrole nitrogens is 1. The van der Waals surface area contributed by atoms with Crippen LogP contribution in [0.3, 0.4) is 0 Å². The molecule has 2 aromatic rings. The van der Waals surface area contributed by atoms with E-state index in [1.807, 2.05) is 6.07 Å². The molecule has 1 N–H and O–H groups in total. The number of imidazole rings is 1. The van der Waals surface area contributed by atoms with Gasteiger partial charge in [0.15, 0.2) is 0 Å². The van der Waals surface area contributed by atoms with Crippen LogP contribution in [0.1, 0.15) is 25.5 Å². The lowest BCUT2D eigenvalue weighted by Crippen LogP contribution is -2.31. The standard InChI is InChI=1S/C11H17N4/c1-2-3-6-14-7-8-15(10-14)9-11-4-5-12-13-11/h4-5,7-8,10H,2-3,6,9H2,1H3,(H,12,13)/q+1. The number of nitrogens with zero attached hydrogens (tertiary/aromatic N) is 3. The molecule has 0 unspecified atom stereocenters. The maximum absolute atomic E-state index is 3.93. The molecular formula is C11H17N4+. The van der Waals surface area contributed by atoms with Crippen LogP contribution in [0.25, 0.3) is 0 Å². The van der Waals surface area contributed by atoms with Crippen molar-refractivity contribution in [3.8, 4) is 0 Å². The summed E-state index contributed by atoms with van der Waals surface area (Å²) >= 11 is 0. The zero-order valence-corrected chi connectivity index (χ0v) is 9.06. The van der Waals surface area contributed by atoms with Gasteiger partial charge in [0.05, 0.1) is 12.2 Å². The molecule has 0 amide bonds. The second-order valence-corrected chi connectivity index (χ2v) is 3.76. The molecule has 0 radical (unpaired) electrons. The van der Waals surface area contributed by atoms with Gasteiger partial charge in [-0.15, -0.1) is 0 Å². The fraction of sp³-hybridized carbons (Fsp3) is 0.455. The number of hydrogen-bond donors (Lipinski definition) is 1. The highest BCUT2D eigenvalue weighted by molar-refractivity contribution is 4.94. The minimum absolute atomic E-state index is 0.860. The summed E-state index contributed by atoms with van der Waals surface area (Å²) in [7, 11) is 0. The Morgan fingerprint density at radius 3 is 3.20 bits per heavy atom. The fourth-order valence-corrected chi connectivity index (χ4v) is 1.57.